The average Bonchev–Trinajstić information content (AvgIpc) is 3.09. The van der Waals surface area contributed by atoms with Gasteiger partial charge in [-0.25, -0.2) is 4.99 Å². The molecule has 0 saturated carbocycles. The lowest BCUT2D eigenvalue weighted by Crippen LogP contribution is -2.44. The maximum atomic E-state index is 12.6. The fourth-order valence-electron chi connectivity index (χ4n) is 2.85. The molecule has 0 aliphatic carbocycles. The van der Waals surface area contributed by atoms with E-state index in [0.717, 1.165) is 30.9 Å². The van der Waals surface area contributed by atoms with E-state index in [4.69, 9.17) is 0 Å². The Morgan fingerprint density at radius 1 is 1.19 bits per heavy atom. The van der Waals surface area contributed by atoms with Crippen molar-refractivity contribution in [3.8, 4) is 0 Å². The molecule has 0 saturated heterocycles. The van der Waals surface area contributed by atoms with Gasteiger partial charge in [0, 0.05) is 25.0 Å². The fraction of sp³-hybridized carbons (Fsp3) is 0.316. The number of benzene rings is 1. The van der Waals surface area contributed by atoms with Gasteiger partial charge in [-0.05, 0) is 37.1 Å². The topological polar surface area (TPSA) is 69.6 Å². The van der Waals surface area contributed by atoms with Gasteiger partial charge in [0.15, 0.2) is 5.96 Å². The van der Waals surface area contributed by atoms with Crippen LogP contribution in [-0.4, -0.2) is 36.5 Å². The van der Waals surface area contributed by atoms with Gasteiger partial charge in [-0.1, -0.05) is 24.3 Å². The van der Waals surface area contributed by atoms with E-state index in [1.807, 2.05) is 48.2 Å². The molecule has 2 heterocycles. The van der Waals surface area contributed by atoms with Crippen molar-refractivity contribution in [2.45, 2.75) is 19.9 Å². The monoisotopic (exact) mass is 465 g/mol. The van der Waals surface area contributed by atoms with Crippen molar-refractivity contribution in [3.63, 3.8) is 0 Å². The number of guanidine groups is 1. The number of aromatic nitrogens is 1. The molecule has 0 unspecified atom stereocenters. The Kier molecular flexibility index (Phi) is 7.83. The van der Waals surface area contributed by atoms with Crippen LogP contribution in [0.2, 0.25) is 0 Å². The molecule has 0 spiro atoms. The minimum absolute atomic E-state index is 0. The minimum Gasteiger partial charge on any atom is -0.357 e. The number of amides is 1. The van der Waals surface area contributed by atoms with Gasteiger partial charge >= 0.3 is 0 Å². The summed E-state index contributed by atoms with van der Waals surface area (Å²) in [6.45, 7) is 4.14. The highest BCUT2D eigenvalue weighted by Gasteiger charge is 2.23. The third-order valence-corrected chi connectivity index (χ3v) is 4.06. The van der Waals surface area contributed by atoms with Gasteiger partial charge in [0.05, 0.1) is 18.8 Å². The van der Waals surface area contributed by atoms with Crippen LogP contribution in [0.25, 0.3) is 0 Å². The maximum Gasteiger partial charge on any atom is 0.246 e. The lowest BCUT2D eigenvalue weighted by molar-refractivity contribution is -0.117. The number of hydrogen-bond donors (Lipinski definition) is 2. The first-order valence-electron chi connectivity index (χ1n) is 8.58. The van der Waals surface area contributed by atoms with Crippen molar-refractivity contribution in [2.24, 2.45) is 4.99 Å². The van der Waals surface area contributed by atoms with Crippen LogP contribution in [0.1, 0.15) is 18.2 Å². The molecule has 0 atom stereocenters. The molecule has 7 heteroatoms. The van der Waals surface area contributed by atoms with Crippen molar-refractivity contribution in [1.29, 1.82) is 0 Å². The van der Waals surface area contributed by atoms with Gasteiger partial charge in [0.25, 0.3) is 0 Å². The highest BCUT2D eigenvalue weighted by molar-refractivity contribution is 14.0. The first kappa shape index (κ1) is 20.2. The van der Waals surface area contributed by atoms with Crippen LogP contribution in [0.5, 0.6) is 0 Å². The lowest BCUT2D eigenvalue weighted by atomic mass is 10.2. The van der Waals surface area contributed by atoms with Gasteiger partial charge in [-0.2, -0.15) is 0 Å². The van der Waals surface area contributed by atoms with Crippen LogP contribution < -0.4 is 15.5 Å². The number of anilines is 1. The second kappa shape index (κ2) is 10.1. The molecule has 1 aliphatic rings. The number of para-hydroxylation sites is 1. The first-order chi connectivity index (χ1) is 12.3. The molecule has 138 valence electrons. The average molecular weight is 465 g/mol. The summed E-state index contributed by atoms with van der Waals surface area (Å²) >= 11 is 0. The number of fused-ring (bicyclic) bond motifs is 1. The molecule has 26 heavy (non-hydrogen) atoms. The summed E-state index contributed by atoms with van der Waals surface area (Å²) in [6, 6.07) is 13.8. The Bertz CT molecular complexity index is 751. The molecule has 2 N–H and O–H groups in total. The van der Waals surface area contributed by atoms with Crippen LogP contribution in [-0.2, 0) is 17.8 Å². The molecule has 1 aliphatic heterocycles. The van der Waals surface area contributed by atoms with Crippen molar-refractivity contribution in [3.05, 3.63) is 59.9 Å². The fourth-order valence-corrected chi connectivity index (χ4v) is 2.85. The van der Waals surface area contributed by atoms with E-state index in [-0.39, 0.29) is 36.4 Å². The third-order valence-electron chi connectivity index (χ3n) is 4.06. The van der Waals surface area contributed by atoms with Gasteiger partial charge in [-0.3, -0.25) is 9.78 Å². The van der Waals surface area contributed by atoms with E-state index in [2.05, 4.69) is 26.7 Å². The Hall–Kier alpha value is -2.16. The molecule has 2 aromatic rings. The number of carbonyl (C=O) groups excluding carboxylic acids is 1. The Balaban J connectivity index is 0.00000243. The Morgan fingerprint density at radius 2 is 2.00 bits per heavy atom. The number of aliphatic imine (C=N–C) groups is 1. The van der Waals surface area contributed by atoms with Crippen molar-refractivity contribution in [1.82, 2.24) is 15.6 Å². The highest BCUT2D eigenvalue weighted by atomic mass is 127. The molecule has 6 nitrogen and oxygen atoms in total. The van der Waals surface area contributed by atoms with E-state index in [0.29, 0.717) is 12.5 Å². The molecular formula is C19H24IN5O. The van der Waals surface area contributed by atoms with Crippen molar-refractivity contribution < 1.29 is 4.79 Å². The number of carbonyl (C=O) groups is 1. The summed E-state index contributed by atoms with van der Waals surface area (Å²) in [6.07, 6.45) is 2.66. The predicted molar refractivity (Wildman–Crippen MR) is 115 cm³/mol. The number of pyridine rings is 1. The van der Waals surface area contributed by atoms with Crippen molar-refractivity contribution >= 4 is 41.5 Å². The van der Waals surface area contributed by atoms with E-state index < -0.39 is 0 Å². The molecule has 0 fully saturated rings. The van der Waals surface area contributed by atoms with Crippen LogP contribution in [0.3, 0.4) is 0 Å². The van der Waals surface area contributed by atoms with Crippen LogP contribution in [0, 0.1) is 0 Å². The molecule has 1 aromatic heterocycles. The van der Waals surface area contributed by atoms with Crippen molar-refractivity contribution in [2.75, 3.05) is 24.5 Å². The zero-order chi connectivity index (χ0) is 17.5. The summed E-state index contributed by atoms with van der Waals surface area (Å²) in [7, 11) is 0. The second-order valence-electron chi connectivity index (χ2n) is 5.79. The zero-order valence-corrected chi connectivity index (χ0v) is 17.1. The van der Waals surface area contributed by atoms with Gasteiger partial charge in [0.2, 0.25) is 5.91 Å². The third kappa shape index (κ3) is 5.17. The lowest BCUT2D eigenvalue weighted by Gasteiger charge is -2.18. The number of hydrogen-bond acceptors (Lipinski definition) is 3. The predicted octanol–water partition coefficient (Wildman–Crippen LogP) is 2.34. The van der Waals surface area contributed by atoms with Gasteiger partial charge in [0.1, 0.15) is 0 Å². The van der Waals surface area contributed by atoms with E-state index in [9.17, 15) is 4.79 Å². The minimum atomic E-state index is 0. The maximum absolute atomic E-state index is 12.6. The number of nitrogens with one attached hydrogen (secondary N) is 2. The Morgan fingerprint density at radius 3 is 2.77 bits per heavy atom. The van der Waals surface area contributed by atoms with Gasteiger partial charge in [-0.15, -0.1) is 24.0 Å². The zero-order valence-electron chi connectivity index (χ0n) is 14.8. The van der Waals surface area contributed by atoms with Crippen LogP contribution >= 0.6 is 24.0 Å². The summed E-state index contributed by atoms with van der Waals surface area (Å²) in [5, 5.41) is 6.28. The normalized spacial score (nSPS) is 13.0. The van der Waals surface area contributed by atoms with Crippen LogP contribution in [0.4, 0.5) is 5.69 Å². The SMILES string of the molecule is CCNC(=NCc1ccccn1)NCC(=O)N1CCc2ccccc21.I. The molecule has 0 bridgehead atoms. The summed E-state index contributed by atoms with van der Waals surface area (Å²) in [5.41, 5.74) is 3.14. The highest BCUT2D eigenvalue weighted by Crippen LogP contribution is 2.27. The standard InChI is InChI=1S/C19H23N5O.HI/c1-2-20-19(22-13-16-8-5-6-11-21-16)23-14-18(25)24-12-10-15-7-3-4-9-17(15)24;/h3-9,11H,2,10,12-14H2,1H3,(H2,20,22,23);1H. The molecule has 1 amide bonds. The van der Waals surface area contributed by atoms with Crippen LogP contribution in [0.15, 0.2) is 53.7 Å². The largest absolute Gasteiger partial charge is 0.357 e. The number of rotatable bonds is 5. The smallest absolute Gasteiger partial charge is 0.246 e. The molecule has 1 aromatic carbocycles. The quantitative estimate of drug-likeness (QED) is 0.404. The van der Waals surface area contributed by atoms with E-state index >= 15 is 0 Å². The van der Waals surface area contributed by atoms with E-state index in [1.54, 1.807) is 6.20 Å². The Labute approximate surface area is 171 Å². The first-order valence-corrected chi connectivity index (χ1v) is 8.58. The second-order valence-corrected chi connectivity index (χ2v) is 5.79. The summed E-state index contributed by atoms with van der Waals surface area (Å²) < 4.78 is 0. The molecular weight excluding hydrogens is 441 g/mol. The summed E-state index contributed by atoms with van der Waals surface area (Å²) in [5.74, 6) is 0.669. The number of nitrogens with zero attached hydrogens (tertiary/aromatic N) is 3. The number of halogens is 1. The molecule has 0 radical (unpaired) electrons. The van der Waals surface area contributed by atoms with Gasteiger partial charge < -0.3 is 15.5 Å². The van der Waals surface area contributed by atoms with E-state index in [1.165, 1.54) is 5.56 Å². The summed E-state index contributed by atoms with van der Waals surface area (Å²) in [4.78, 5) is 23.1. The molecule has 3 rings (SSSR count).